The minimum absolute atomic E-state index is 0.473. The molecular weight excluding hydrogens is 239 g/mol. The quantitative estimate of drug-likeness (QED) is 0.428. The Hall–Kier alpha value is 0.390. The molecule has 0 unspecified atom stereocenters. The molecule has 0 saturated carbocycles. The van der Waals surface area contributed by atoms with Crippen LogP contribution in [-0.4, -0.2) is 28.3 Å². The molecule has 1 aliphatic rings. The third-order valence-electron chi connectivity index (χ3n) is 1.65. The zero-order valence-corrected chi connectivity index (χ0v) is 8.34. The Morgan fingerprint density at radius 2 is 2.40 bits per heavy atom. The summed E-state index contributed by atoms with van der Waals surface area (Å²) in [6, 6.07) is 1.06. The lowest BCUT2D eigenvalue weighted by Crippen LogP contribution is -2.51. The lowest BCUT2D eigenvalue weighted by Gasteiger charge is -2.32. The van der Waals surface area contributed by atoms with Gasteiger partial charge in [0.1, 0.15) is 0 Å². The van der Waals surface area contributed by atoms with Gasteiger partial charge < -0.3 is 5.32 Å². The Kier molecular flexibility index (Phi) is 3.13. The van der Waals surface area contributed by atoms with Gasteiger partial charge in [0.05, 0.1) is 0 Å². The predicted octanol–water partition coefficient (Wildman–Crippen LogP) is 1.18. The SMILES string of the molecule is C=C[C@@H]1CN(I)C[C@H](C)N1. The van der Waals surface area contributed by atoms with E-state index in [2.05, 4.69) is 44.8 Å². The number of nitrogens with zero attached hydrogens (tertiary/aromatic N) is 1. The third kappa shape index (κ3) is 2.21. The Morgan fingerprint density at radius 3 is 2.90 bits per heavy atom. The van der Waals surface area contributed by atoms with E-state index in [1.807, 2.05) is 6.08 Å². The van der Waals surface area contributed by atoms with Gasteiger partial charge in [-0.1, -0.05) is 6.08 Å². The number of hydrogen-bond donors (Lipinski definition) is 1. The molecule has 0 aliphatic carbocycles. The van der Waals surface area contributed by atoms with Crippen LogP contribution in [0.2, 0.25) is 0 Å². The Morgan fingerprint density at radius 1 is 1.70 bits per heavy atom. The van der Waals surface area contributed by atoms with Crippen molar-refractivity contribution in [2.75, 3.05) is 13.1 Å². The molecule has 1 saturated heterocycles. The van der Waals surface area contributed by atoms with Crippen molar-refractivity contribution < 1.29 is 0 Å². The van der Waals surface area contributed by atoms with Gasteiger partial charge in [0, 0.05) is 48.0 Å². The van der Waals surface area contributed by atoms with Crippen LogP contribution < -0.4 is 5.32 Å². The van der Waals surface area contributed by atoms with Gasteiger partial charge in [-0.15, -0.1) is 6.58 Å². The zero-order chi connectivity index (χ0) is 7.56. The van der Waals surface area contributed by atoms with Crippen molar-refractivity contribution in [3.05, 3.63) is 12.7 Å². The smallest absolute Gasteiger partial charge is 0.0386 e. The van der Waals surface area contributed by atoms with E-state index in [4.69, 9.17) is 0 Å². The van der Waals surface area contributed by atoms with Gasteiger partial charge in [-0.2, -0.15) is 0 Å². The van der Waals surface area contributed by atoms with Crippen LogP contribution in [-0.2, 0) is 0 Å². The fourth-order valence-corrected chi connectivity index (χ4v) is 2.21. The molecule has 3 heteroatoms. The zero-order valence-electron chi connectivity index (χ0n) is 6.18. The van der Waals surface area contributed by atoms with Crippen LogP contribution in [0, 0.1) is 0 Å². The average Bonchev–Trinajstić information content (AvgIpc) is 1.85. The van der Waals surface area contributed by atoms with Crippen LogP contribution in [0.25, 0.3) is 0 Å². The fourth-order valence-electron chi connectivity index (χ4n) is 1.20. The van der Waals surface area contributed by atoms with Gasteiger partial charge in [-0.25, -0.2) is 3.11 Å². The van der Waals surface area contributed by atoms with Crippen molar-refractivity contribution in [2.24, 2.45) is 0 Å². The van der Waals surface area contributed by atoms with Gasteiger partial charge in [-0.05, 0) is 6.92 Å². The maximum Gasteiger partial charge on any atom is 0.0386 e. The number of piperazine rings is 1. The van der Waals surface area contributed by atoms with Gasteiger partial charge in [-0.3, -0.25) is 0 Å². The minimum atomic E-state index is 0.473. The topological polar surface area (TPSA) is 15.3 Å². The fraction of sp³-hybridized carbons (Fsp3) is 0.714. The van der Waals surface area contributed by atoms with E-state index in [-0.39, 0.29) is 0 Å². The van der Waals surface area contributed by atoms with E-state index in [1.54, 1.807) is 0 Å². The van der Waals surface area contributed by atoms with Crippen molar-refractivity contribution in [3.63, 3.8) is 0 Å². The summed E-state index contributed by atoms with van der Waals surface area (Å²) in [5.41, 5.74) is 0. The second-order valence-electron chi connectivity index (χ2n) is 2.74. The van der Waals surface area contributed by atoms with Crippen molar-refractivity contribution >= 4 is 22.9 Å². The molecule has 0 spiro atoms. The van der Waals surface area contributed by atoms with Crippen LogP contribution in [0.3, 0.4) is 0 Å². The molecule has 58 valence electrons. The van der Waals surface area contributed by atoms with E-state index >= 15 is 0 Å². The largest absolute Gasteiger partial charge is 0.306 e. The standard InChI is InChI=1S/C7H13IN2/c1-3-7-5-10(8)4-6(2)9-7/h3,6-7,9H,1,4-5H2,2H3/t6-,7+/m0/s1. The van der Waals surface area contributed by atoms with Gasteiger partial charge >= 0.3 is 0 Å². The summed E-state index contributed by atoms with van der Waals surface area (Å²) in [7, 11) is 0. The molecule has 0 radical (unpaired) electrons. The first kappa shape index (κ1) is 8.49. The molecular formula is C7H13IN2. The lowest BCUT2D eigenvalue weighted by atomic mass is 10.2. The summed E-state index contributed by atoms with van der Waals surface area (Å²) in [5.74, 6) is 0. The number of halogens is 1. The van der Waals surface area contributed by atoms with Crippen LogP contribution >= 0.6 is 22.9 Å². The Balaban J connectivity index is 2.42. The number of rotatable bonds is 1. The predicted molar refractivity (Wildman–Crippen MR) is 52.2 cm³/mol. The second kappa shape index (κ2) is 3.69. The van der Waals surface area contributed by atoms with Gasteiger partial charge in [0.25, 0.3) is 0 Å². The van der Waals surface area contributed by atoms with Gasteiger partial charge in [0.15, 0.2) is 0 Å². The van der Waals surface area contributed by atoms with E-state index in [0.29, 0.717) is 12.1 Å². The molecule has 2 nitrogen and oxygen atoms in total. The maximum absolute atomic E-state index is 3.76. The summed E-state index contributed by atoms with van der Waals surface area (Å²) in [5, 5.41) is 3.43. The van der Waals surface area contributed by atoms with Crippen molar-refractivity contribution in [2.45, 2.75) is 19.0 Å². The molecule has 0 amide bonds. The molecule has 0 aromatic carbocycles. The highest BCUT2D eigenvalue weighted by Gasteiger charge is 2.19. The van der Waals surface area contributed by atoms with E-state index in [0.717, 1.165) is 13.1 Å². The lowest BCUT2D eigenvalue weighted by molar-refractivity contribution is 0.316. The Bertz CT molecular complexity index is 117. The number of hydrogen-bond acceptors (Lipinski definition) is 2. The highest BCUT2D eigenvalue weighted by atomic mass is 127. The van der Waals surface area contributed by atoms with E-state index in [1.165, 1.54) is 0 Å². The van der Waals surface area contributed by atoms with Crippen LogP contribution in [0.1, 0.15) is 6.92 Å². The first-order valence-corrected chi connectivity index (χ1v) is 4.48. The van der Waals surface area contributed by atoms with Crippen LogP contribution in [0.15, 0.2) is 12.7 Å². The highest BCUT2D eigenvalue weighted by molar-refractivity contribution is 14.1. The highest BCUT2D eigenvalue weighted by Crippen LogP contribution is 2.08. The Labute approximate surface area is 76.2 Å². The van der Waals surface area contributed by atoms with Crippen molar-refractivity contribution in [3.8, 4) is 0 Å². The molecule has 1 rings (SSSR count). The van der Waals surface area contributed by atoms with Crippen molar-refractivity contribution in [1.29, 1.82) is 0 Å². The molecule has 10 heavy (non-hydrogen) atoms. The minimum Gasteiger partial charge on any atom is -0.306 e. The number of nitrogens with one attached hydrogen (secondary N) is 1. The summed E-state index contributed by atoms with van der Waals surface area (Å²) in [6.07, 6.45) is 1.97. The van der Waals surface area contributed by atoms with Crippen molar-refractivity contribution in [1.82, 2.24) is 8.43 Å². The van der Waals surface area contributed by atoms with Gasteiger partial charge in [0.2, 0.25) is 0 Å². The van der Waals surface area contributed by atoms with E-state index in [9.17, 15) is 0 Å². The summed E-state index contributed by atoms with van der Waals surface area (Å²) in [4.78, 5) is 0. The molecule has 1 N–H and O–H groups in total. The first-order chi connectivity index (χ1) is 4.72. The molecule has 1 fully saturated rings. The molecule has 0 aromatic rings. The van der Waals surface area contributed by atoms with Crippen LogP contribution in [0.4, 0.5) is 0 Å². The average molecular weight is 252 g/mol. The molecule has 1 aliphatic heterocycles. The molecule has 0 aromatic heterocycles. The summed E-state index contributed by atoms with van der Waals surface area (Å²) >= 11 is 2.36. The summed E-state index contributed by atoms with van der Waals surface area (Å²) < 4.78 is 2.30. The first-order valence-electron chi connectivity index (χ1n) is 3.51. The third-order valence-corrected chi connectivity index (χ3v) is 2.44. The monoisotopic (exact) mass is 252 g/mol. The van der Waals surface area contributed by atoms with E-state index < -0.39 is 0 Å². The molecule has 2 atom stereocenters. The normalized spacial score (nSPS) is 35.8. The second-order valence-corrected chi connectivity index (χ2v) is 4.10. The van der Waals surface area contributed by atoms with Crippen LogP contribution in [0.5, 0.6) is 0 Å². The molecule has 0 bridgehead atoms. The maximum atomic E-state index is 3.76. The summed E-state index contributed by atoms with van der Waals surface area (Å²) in [6.45, 7) is 8.16. The molecule has 1 heterocycles.